The number of hydrazine groups is 1. The molecule has 0 radical (unpaired) electrons. The zero-order valence-electron chi connectivity index (χ0n) is 6.40. The first-order valence-electron chi connectivity index (χ1n) is 3.34. The van der Waals surface area contributed by atoms with Crippen LogP contribution in [0.2, 0.25) is 0 Å². The number of amides is 1. The summed E-state index contributed by atoms with van der Waals surface area (Å²) in [7, 11) is 0. The van der Waals surface area contributed by atoms with Gasteiger partial charge in [-0.3, -0.25) is 10.2 Å². The molecular formula is C5H10N6O. The Hall–Kier alpha value is -1.47. The topological polar surface area (TPSA) is 112 Å². The van der Waals surface area contributed by atoms with Crippen LogP contribution in [0.25, 0.3) is 0 Å². The Morgan fingerprint density at radius 2 is 2.50 bits per heavy atom. The number of hydrogen-bond acceptors (Lipinski definition) is 5. The van der Waals surface area contributed by atoms with Crippen molar-refractivity contribution < 1.29 is 4.79 Å². The minimum Gasteiger partial charge on any atom is -0.325 e. The van der Waals surface area contributed by atoms with E-state index in [2.05, 4.69) is 10.3 Å². The first-order valence-corrected chi connectivity index (χ1v) is 3.34. The Balaban J connectivity index is 2.58. The van der Waals surface area contributed by atoms with Crippen molar-refractivity contribution in [2.24, 2.45) is 11.6 Å². The Bertz CT molecular complexity index is 269. The van der Waals surface area contributed by atoms with Crippen LogP contribution in [-0.2, 0) is 17.9 Å². The summed E-state index contributed by atoms with van der Waals surface area (Å²) in [4.78, 5) is 10.7. The third kappa shape index (κ3) is 2.01. The minimum atomic E-state index is -0.330. The molecule has 0 saturated heterocycles. The van der Waals surface area contributed by atoms with Crippen molar-refractivity contribution in [3.63, 3.8) is 0 Å². The van der Waals surface area contributed by atoms with Crippen molar-refractivity contribution in [2.75, 3.05) is 0 Å². The molecule has 1 aromatic heterocycles. The van der Waals surface area contributed by atoms with Crippen molar-refractivity contribution in [1.82, 2.24) is 20.4 Å². The van der Waals surface area contributed by atoms with Gasteiger partial charge in [-0.05, 0) is 0 Å². The standard InChI is InChI=1S/C5H10N6O/c6-1-4-2-11(10-9-4)3-5(12)8-7/h2H,1,3,6-7H2,(H,8,12). The highest BCUT2D eigenvalue weighted by Crippen LogP contribution is 1.89. The van der Waals surface area contributed by atoms with Crippen LogP contribution in [0.3, 0.4) is 0 Å². The van der Waals surface area contributed by atoms with E-state index in [-0.39, 0.29) is 12.5 Å². The molecular weight excluding hydrogens is 160 g/mol. The zero-order chi connectivity index (χ0) is 8.97. The number of aromatic nitrogens is 3. The lowest BCUT2D eigenvalue weighted by atomic mass is 10.5. The molecule has 1 rings (SSSR count). The Morgan fingerprint density at radius 1 is 1.75 bits per heavy atom. The van der Waals surface area contributed by atoms with Gasteiger partial charge in [-0.15, -0.1) is 5.10 Å². The highest BCUT2D eigenvalue weighted by Gasteiger charge is 2.02. The molecule has 5 N–H and O–H groups in total. The van der Waals surface area contributed by atoms with Crippen molar-refractivity contribution in [1.29, 1.82) is 0 Å². The van der Waals surface area contributed by atoms with Crippen LogP contribution in [0.1, 0.15) is 5.69 Å². The predicted molar refractivity (Wildman–Crippen MR) is 40.2 cm³/mol. The Kier molecular flexibility index (Phi) is 2.72. The minimum absolute atomic E-state index is 0.0590. The number of nitrogens with zero attached hydrogens (tertiary/aromatic N) is 3. The van der Waals surface area contributed by atoms with E-state index in [1.165, 1.54) is 4.68 Å². The van der Waals surface area contributed by atoms with Gasteiger partial charge in [0.15, 0.2) is 0 Å². The van der Waals surface area contributed by atoms with Gasteiger partial charge in [0.05, 0.1) is 11.9 Å². The van der Waals surface area contributed by atoms with E-state index < -0.39 is 0 Å². The van der Waals surface area contributed by atoms with E-state index in [4.69, 9.17) is 11.6 Å². The van der Waals surface area contributed by atoms with Crippen LogP contribution in [0.15, 0.2) is 6.20 Å². The highest BCUT2D eigenvalue weighted by molar-refractivity contribution is 5.74. The maximum atomic E-state index is 10.7. The van der Waals surface area contributed by atoms with Crippen LogP contribution >= 0.6 is 0 Å². The van der Waals surface area contributed by atoms with Gasteiger partial charge in [0.2, 0.25) is 0 Å². The van der Waals surface area contributed by atoms with Crippen LogP contribution in [0, 0.1) is 0 Å². The number of nitrogens with one attached hydrogen (secondary N) is 1. The van der Waals surface area contributed by atoms with Crippen LogP contribution < -0.4 is 17.0 Å². The number of nitrogens with two attached hydrogens (primary N) is 2. The number of carbonyl (C=O) groups excluding carboxylic acids is 1. The average Bonchev–Trinajstić information content (AvgIpc) is 2.52. The van der Waals surface area contributed by atoms with Gasteiger partial charge in [0, 0.05) is 6.54 Å². The predicted octanol–water partition coefficient (Wildman–Crippen LogP) is -2.27. The fourth-order valence-electron chi connectivity index (χ4n) is 0.702. The molecule has 0 aliphatic carbocycles. The summed E-state index contributed by atoms with van der Waals surface area (Å²) < 4.78 is 1.37. The fraction of sp³-hybridized carbons (Fsp3) is 0.400. The molecule has 7 nitrogen and oxygen atoms in total. The first-order chi connectivity index (χ1) is 5.76. The molecule has 0 bridgehead atoms. The molecule has 0 unspecified atom stereocenters. The second-order valence-electron chi connectivity index (χ2n) is 2.18. The maximum Gasteiger partial charge on any atom is 0.255 e. The molecule has 66 valence electrons. The van der Waals surface area contributed by atoms with Gasteiger partial charge < -0.3 is 5.73 Å². The zero-order valence-corrected chi connectivity index (χ0v) is 6.40. The Labute approximate surface area is 68.7 Å². The third-order valence-corrected chi connectivity index (χ3v) is 1.26. The van der Waals surface area contributed by atoms with Crippen molar-refractivity contribution in [3.05, 3.63) is 11.9 Å². The number of carbonyl (C=O) groups is 1. The normalized spacial score (nSPS) is 9.83. The molecule has 0 fully saturated rings. The second kappa shape index (κ2) is 3.79. The number of hydrogen-bond donors (Lipinski definition) is 3. The summed E-state index contributed by atoms with van der Waals surface area (Å²) in [5.41, 5.74) is 7.91. The molecule has 0 aliphatic heterocycles. The van der Waals surface area contributed by atoms with E-state index in [0.717, 1.165) is 0 Å². The lowest BCUT2D eigenvalue weighted by Gasteiger charge is -1.96. The van der Waals surface area contributed by atoms with E-state index in [0.29, 0.717) is 12.2 Å². The van der Waals surface area contributed by atoms with E-state index in [1.807, 2.05) is 5.43 Å². The van der Waals surface area contributed by atoms with Gasteiger partial charge in [-0.1, -0.05) is 5.21 Å². The van der Waals surface area contributed by atoms with Crippen LogP contribution in [-0.4, -0.2) is 20.9 Å². The summed E-state index contributed by atoms with van der Waals surface area (Å²) >= 11 is 0. The van der Waals surface area contributed by atoms with Crippen molar-refractivity contribution >= 4 is 5.91 Å². The molecule has 7 heteroatoms. The molecule has 1 aromatic rings. The van der Waals surface area contributed by atoms with Crippen LogP contribution in [0.4, 0.5) is 0 Å². The lowest BCUT2D eigenvalue weighted by molar-refractivity contribution is -0.121. The molecule has 1 heterocycles. The van der Waals surface area contributed by atoms with E-state index in [9.17, 15) is 4.79 Å². The lowest BCUT2D eigenvalue weighted by Crippen LogP contribution is -2.33. The van der Waals surface area contributed by atoms with E-state index in [1.54, 1.807) is 6.20 Å². The largest absolute Gasteiger partial charge is 0.325 e. The first kappa shape index (κ1) is 8.62. The summed E-state index contributed by atoms with van der Waals surface area (Å²) in [6.45, 7) is 0.369. The molecule has 1 amide bonds. The third-order valence-electron chi connectivity index (χ3n) is 1.26. The molecule has 0 aliphatic rings. The van der Waals surface area contributed by atoms with E-state index >= 15 is 0 Å². The molecule has 0 aromatic carbocycles. The summed E-state index contributed by atoms with van der Waals surface area (Å²) in [5.74, 6) is 4.54. The Morgan fingerprint density at radius 3 is 3.00 bits per heavy atom. The van der Waals surface area contributed by atoms with Crippen LogP contribution in [0.5, 0.6) is 0 Å². The fourth-order valence-corrected chi connectivity index (χ4v) is 0.702. The monoisotopic (exact) mass is 170 g/mol. The van der Waals surface area contributed by atoms with Gasteiger partial charge in [0.1, 0.15) is 6.54 Å². The molecule has 12 heavy (non-hydrogen) atoms. The smallest absolute Gasteiger partial charge is 0.255 e. The number of rotatable bonds is 3. The quantitative estimate of drug-likeness (QED) is 0.269. The van der Waals surface area contributed by atoms with Gasteiger partial charge in [-0.2, -0.15) is 0 Å². The molecule has 0 saturated carbocycles. The van der Waals surface area contributed by atoms with Crippen molar-refractivity contribution in [2.45, 2.75) is 13.1 Å². The molecule has 0 atom stereocenters. The van der Waals surface area contributed by atoms with Crippen molar-refractivity contribution in [3.8, 4) is 0 Å². The maximum absolute atomic E-state index is 10.7. The second-order valence-corrected chi connectivity index (χ2v) is 2.18. The average molecular weight is 170 g/mol. The van der Waals surface area contributed by atoms with Gasteiger partial charge in [0.25, 0.3) is 5.91 Å². The summed E-state index contributed by atoms with van der Waals surface area (Å²) in [5, 5.41) is 7.33. The summed E-state index contributed by atoms with van der Waals surface area (Å²) in [6, 6.07) is 0. The van der Waals surface area contributed by atoms with Gasteiger partial charge >= 0.3 is 0 Å². The summed E-state index contributed by atoms with van der Waals surface area (Å²) in [6.07, 6.45) is 1.59. The highest BCUT2D eigenvalue weighted by atomic mass is 16.2. The SMILES string of the molecule is NCc1cn(CC(=O)NN)nn1. The molecule has 0 spiro atoms. The van der Waals surface area contributed by atoms with Gasteiger partial charge in [-0.25, -0.2) is 10.5 Å².